The van der Waals surface area contributed by atoms with Crippen molar-refractivity contribution in [3.63, 3.8) is 0 Å². The van der Waals surface area contributed by atoms with E-state index in [9.17, 15) is 4.79 Å². The second-order valence-corrected chi connectivity index (χ2v) is 7.71. The van der Waals surface area contributed by atoms with Crippen molar-refractivity contribution in [1.82, 2.24) is 25.1 Å². The fourth-order valence-electron chi connectivity index (χ4n) is 3.07. The predicted octanol–water partition coefficient (Wildman–Crippen LogP) is 3.88. The van der Waals surface area contributed by atoms with Crippen LogP contribution < -0.4 is 0 Å². The number of carbonyl (C=O) groups is 1. The number of rotatable bonds is 8. The van der Waals surface area contributed by atoms with Gasteiger partial charge in [-0.2, -0.15) is 4.68 Å². The van der Waals surface area contributed by atoms with Gasteiger partial charge in [0.15, 0.2) is 0 Å². The zero-order valence-electron chi connectivity index (χ0n) is 16.5. The quantitative estimate of drug-likeness (QED) is 0.403. The molecule has 8 heteroatoms. The topological polar surface area (TPSA) is 77.1 Å². The number of amides is 1. The van der Waals surface area contributed by atoms with Crippen LogP contribution in [0.15, 0.2) is 82.6 Å². The Hall–Kier alpha value is -3.39. The molecule has 0 saturated heterocycles. The SMILES string of the molecule is Cc1ccccc1-n1nnnc1SCC(=O)N(Cc1ccccc1)Cc1ccco1. The number of aryl methyl sites for hydroxylation is 1. The molecule has 0 N–H and O–H groups in total. The molecule has 2 aromatic carbocycles. The number of nitrogens with zero attached hydrogens (tertiary/aromatic N) is 5. The van der Waals surface area contributed by atoms with Crippen molar-refractivity contribution in [2.24, 2.45) is 0 Å². The number of hydrogen-bond donors (Lipinski definition) is 0. The second kappa shape index (κ2) is 9.41. The fourth-order valence-corrected chi connectivity index (χ4v) is 3.85. The Morgan fingerprint density at radius 2 is 1.83 bits per heavy atom. The first-order valence-corrected chi connectivity index (χ1v) is 10.5. The number of aromatic nitrogens is 4. The van der Waals surface area contributed by atoms with E-state index < -0.39 is 0 Å². The smallest absolute Gasteiger partial charge is 0.233 e. The molecule has 0 aliphatic heterocycles. The average Bonchev–Trinajstić information content (AvgIpc) is 3.45. The molecule has 2 aromatic heterocycles. The van der Waals surface area contributed by atoms with E-state index in [2.05, 4.69) is 15.5 Å². The Bertz CT molecular complexity index is 1100. The highest BCUT2D eigenvalue weighted by atomic mass is 32.2. The van der Waals surface area contributed by atoms with Gasteiger partial charge in [0.25, 0.3) is 0 Å². The Labute approximate surface area is 178 Å². The van der Waals surface area contributed by atoms with Crippen LogP contribution in [0.4, 0.5) is 0 Å². The Kier molecular flexibility index (Phi) is 6.24. The van der Waals surface area contributed by atoms with Gasteiger partial charge in [0.2, 0.25) is 11.1 Å². The van der Waals surface area contributed by atoms with E-state index in [1.807, 2.05) is 73.7 Å². The van der Waals surface area contributed by atoms with Gasteiger partial charge in [0.1, 0.15) is 5.76 Å². The van der Waals surface area contributed by atoms with Crippen LogP contribution in [0, 0.1) is 6.92 Å². The summed E-state index contributed by atoms with van der Waals surface area (Å²) < 4.78 is 7.12. The van der Waals surface area contributed by atoms with Crippen molar-refractivity contribution < 1.29 is 9.21 Å². The number of para-hydroxylation sites is 1. The van der Waals surface area contributed by atoms with Crippen LogP contribution in [0.25, 0.3) is 5.69 Å². The highest BCUT2D eigenvalue weighted by Crippen LogP contribution is 2.21. The summed E-state index contributed by atoms with van der Waals surface area (Å²) in [4.78, 5) is 14.9. The van der Waals surface area contributed by atoms with Gasteiger partial charge in [-0.15, -0.1) is 5.10 Å². The highest BCUT2D eigenvalue weighted by Gasteiger charge is 2.19. The zero-order valence-corrected chi connectivity index (χ0v) is 17.3. The van der Waals surface area contributed by atoms with Crippen LogP contribution in [-0.4, -0.2) is 36.8 Å². The fraction of sp³-hybridized carbons (Fsp3) is 0.182. The molecule has 0 radical (unpaired) electrons. The van der Waals surface area contributed by atoms with Crippen molar-refractivity contribution in [2.45, 2.75) is 25.2 Å². The summed E-state index contributed by atoms with van der Waals surface area (Å²) >= 11 is 1.32. The first-order valence-electron chi connectivity index (χ1n) is 9.52. The maximum atomic E-state index is 13.1. The van der Waals surface area contributed by atoms with E-state index in [4.69, 9.17) is 4.42 Å². The minimum Gasteiger partial charge on any atom is -0.467 e. The minimum absolute atomic E-state index is 0.0143. The molecule has 0 aliphatic rings. The number of thioether (sulfide) groups is 1. The van der Waals surface area contributed by atoms with Crippen LogP contribution in [-0.2, 0) is 17.9 Å². The number of hydrogen-bond acceptors (Lipinski definition) is 6. The van der Waals surface area contributed by atoms with E-state index in [0.29, 0.717) is 18.2 Å². The van der Waals surface area contributed by atoms with E-state index in [-0.39, 0.29) is 11.7 Å². The van der Waals surface area contributed by atoms with Crippen LogP contribution in [0.1, 0.15) is 16.9 Å². The third kappa shape index (κ3) is 4.77. The number of benzene rings is 2. The summed E-state index contributed by atoms with van der Waals surface area (Å²) in [6.07, 6.45) is 1.62. The molecule has 4 rings (SSSR count). The number of furan rings is 1. The molecular weight excluding hydrogens is 398 g/mol. The molecule has 0 spiro atoms. The number of carbonyl (C=O) groups excluding carboxylic acids is 1. The highest BCUT2D eigenvalue weighted by molar-refractivity contribution is 7.99. The van der Waals surface area contributed by atoms with E-state index in [0.717, 1.165) is 22.6 Å². The maximum absolute atomic E-state index is 13.1. The van der Waals surface area contributed by atoms with Gasteiger partial charge in [-0.3, -0.25) is 4.79 Å². The first-order chi connectivity index (χ1) is 14.7. The Morgan fingerprint density at radius 1 is 1.03 bits per heavy atom. The van der Waals surface area contributed by atoms with Crippen LogP contribution >= 0.6 is 11.8 Å². The van der Waals surface area contributed by atoms with Gasteiger partial charge in [-0.25, -0.2) is 0 Å². The Morgan fingerprint density at radius 3 is 2.60 bits per heavy atom. The predicted molar refractivity (Wildman–Crippen MR) is 114 cm³/mol. The molecule has 2 heterocycles. The molecule has 0 aliphatic carbocycles. The van der Waals surface area contributed by atoms with Gasteiger partial charge >= 0.3 is 0 Å². The molecule has 0 bridgehead atoms. The monoisotopic (exact) mass is 419 g/mol. The van der Waals surface area contributed by atoms with Crippen molar-refractivity contribution in [1.29, 1.82) is 0 Å². The van der Waals surface area contributed by atoms with Crippen LogP contribution in [0.2, 0.25) is 0 Å². The van der Waals surface area contributed by atoms with Crippen molar-refractivity contribution in [3.8, 4) is 5.69 Å². The lowest BCUT2D eigenvalue weighted by molar-refractivity contribution is -0.129. The molecule has 0 atom stereocenters. The summed E-state index contributed by atoms with van der Waals surface area (Å²) in [5, 5.41) is 12.6. The lowest BCUT2D eigenvalue weighted by Crippen LogP contribution is -2.31. The van der Waals surface area contributed by atoms with Crippen molar-refractivity contribution >= 4 is 17.7 Å². The summed E-state index contributed by atoms with van der Waals surface area (Å²) in [5.41, 5.74) is 3.02. The molecule has 0 unspecified atom stereocenters. The van der Waals surface area contributed by atoms with Crippen LogP contribution in [0.5, 0.6) is 0 Å². The summed E-state index contributed by atoms with van der Waals surface area (Å²) in [5.74, 6) is 0.952. The Balaban J connectivity index is 1.48. The maximum Gasteiger partial charge on any atom is 0.233 e. The molecule has 0 saturated carbocycles. The number of tetrazole rings is 1. The molecule has 30 heavy (non-hydrogen) atoms. The third-order valence-electron chi connectivity index (χ3n) is 4.61. The normalized spacial score (nSPS) is 10.8. The molecular formula is C22H21N5O2S. The lowest BCUT2D eigenvalue weighted by Gasteiger charge is -2.21. The standard InChI is InChI=1S/C22H21N5O2S/c1-17-8-5-6-12-20(17)27-22(23-24-25-27)30-16-21(28)26(15-19-11-7-13-29-19)14-18-9-3-2-4-10-18/h2-13H,14-16H2,1H3. The average molecular weight is 420 g/mol. The van der Waals surface area contributed by atoms with Crippen molar-refractivity contribution in [2.75, 3.05) is 5.75 Å². The first kappa shape index (κ1) is 19.9. The van der Waals surface area contributed by atoms with Crippen LogP contribution in [0.3, 0.4) is 0 Å². The van der Waals surface area contributed by atoms with E-state index in [1.54, 1.807) is 15.8 Å². The second-order valence-electron chi connectivity index (χ2n) is 6.76. The van der Waals surface area contributed by atoms with Gasteiger partial charge in [0.05, 0.1) is 24.2 Å². The molecule has 4 aromatic rings. The third-order valence-corrected chi connectivity index (χ3v) is 5.51. The van der Waals surface area contributed by atoms with Gasteiger partial charge in [-0.1, -0.05) is 60.3 Å². The molecule has 0 fully saturated rings. The largest absolute Gasteiger partial charge is 0.467 e. The molecule has 7 nitrogen and oxygen atoms in total. The van der Waals surface area contributed by atoms with Gasteiger partial charge in [-0.05, 0) is 46.7 Å². The minimum atomic E-state index is -0.0143. The van der Waals surface area contributed by atoms with E-state index in [1.165, 1.54) is 11.8 Å². The zero-order chi connectivity index (χ0) is 20.8. The molecule has 152 valence electrons. The van der Waals surface area contributed by atoms with Gasteiger partial charge in [0, 0.05) is 6.54 Å². The van der Waals surface area contributed by atoms with E-state index >= 15 is 0 Å². The summed E-state index contributed by atoms with van der Waals surface area (Å²) in [6.45, 7) is 2.91. The lowest BCUT2D eigenvalue weighted by atomic mass is 10.2. The van der Waals surface area contributed by atoms with Crippen molar-refractivity contribution in [3.05, 3.63) is 89.9 Å². The van der Waals surface area contributed by atoms with Gasteiger partial charge < -0.3 is 9.32 Å². The summed E-state index contributed by atoms with van der Waals surface area (Å²) in [6, 6.07) is 21.5. The molecule has 1 amide bonds. The summed E-state index contributed by atoms with van der Waals surface area (Å²) in [7, 11) is 0.